The summed E-state index contributed by atoms with van der Waals surface area (Å²) in [5.74, 6) is -0.254. The number of hydrogen-bond acceptors (Lipinski definition) is 6. The average molecular weight is 383 g/mol. The van der Waals surface area contributed by atoms with Gasteiger partial charge in [-0.05, 0) is 25.0 Å². The van der Waals surface area contributed by atoms with Crippen LogP contribution in [-0.4, -0.2) is 29.3 Å². The molecule has 1 heterocycles. The third-order valence-corrected chi connectivity index (χ3v) is 4.65. The fourth-order valence-electron chi connectivity index (χ4n) is 2.13. The van der Waals surface area contributed by atoms with Gasteiger partial charge in [0.1, 0.15) is 5.01 Å². The first-order valence-corrected chi connectivity index (χ1v) is 8.90. The maximum atomic E-state index is 12.1. The second-order valence-corrected chi connectivity index (χ2v) is 6.74. The number of esters is 1. The van der Waals surface area contributed by atoms with Gasteiger partial charge in [0.25, 0.3) is 0 Å². The van der Waals surface area contributed by atoms with Crippen molar-refractivity contribution in [1.82, 2.24) is 15.5 Å². The number of carbonyl (C=O) groups is 2. The highest BCUT2D eigenvalue weighted by Gasteiger charge is 2.14. The van der Waals surface area contributed by atoms with E-state index in [1.807, 2.05) is 25.1 Å². The molecular formula is C16H19ClN4O3S. The third-order valence-electron chi connectivity index (χ3n) is 3.41. The molecule has 1 aromatic carbocycles. The Morgan fingerprint density at radius 2 is 2.08 bits per heavy atom. The highest BCUT2D eigenvalue weighted by Crippen LogP contribution is 2.22. The van der Waals surface area contributed by atoms with Crippen molar-refractivity contribution in [3.05, 3.63) is 39.9 Å². The van der Waals surface area contributed by atoms with Crippen molar-refractivity contribution in [3.8, 4) is 0 Å². The van der Waals surface area contributed by atoms with Crippen molar-refractivity contribution in [1.29, 1.82) is 0 Å². The van der Waals surface area contributed by atoms with Gasteiger partial charge < -0.3 is 10.1 Å². The molecule has 9 heteroatoms. The van der Waals surface area contributed by atoms with E-state index in [4.69, 9.17) is 11.6 Å². The molecule has 0 aliphatic rings. The first-order valence-electron chi connectivity index (χ1n) is 7.70. The summed E-state index contributed by atoms with van der Waals surface area (Å²) in [4.78, 5) is 23.1. The molecule has 134 valence electrons. The van der Waals surface area contributed by atoms with Gasteiger partial charge in [0.2, 0.25) is 5.13 Å². The molecule has 0 bridgehead atoms. The van der Waals surface area contributed by atoms with Crippen LogP contribution in [-0.2, 0) is 16.0 Å². The zero-order valence-corrected chi connectivity index (χ0v) is 15.5. The monoisotopic (exact) mass is 382 g/mol. The lowest BCUT2D eigenvalue weighted by molar-refractivity contribution is -0.140. The maximum Gasteiger partial charge on any atom is 0.321 e. The number of urea groups is 1. The van der Waals surface area contributed by atoms with Crippen molar-refractivity contribution in [3.63, 3.8) is 0 Å². The quantitative estimate of drug-likeness (QED) is 0.714. The minimum Gasteiger partial charge on any atom is -0.469 e. The topological polar surface area (TPSA) is 93.2 Å². The van der Waals surface area contributed by atoms with Gasteiger partial charge in [0.15, 0.2) is 0 Å². The van der Waals surface area contributed by atoms with Crippen LogP contribution in [0.2, 0.25) is 5.02 Å². The maximum absolute atomic E-state index is 12.1. The predicted molar refractivity (Wildman–Crippen MR) is 96.9 cm³/mol. The summed E-state index contributed by atoms with van der Waals surface area (Å²) in [5, 5.41) is 15.1. The van der Waals surface area contributed by atoms with Crippen LogP contribution in [0.3, 0.4) is 0 Å². The molecule has 0 saturated heterocycles. The van der Waals surface area contributed by atoms with Crippen LogP contribution in [0.15, 0.2) is 24.3 Å². The second kappa shape index (κ2) is 9.33. The normalized spacial score (nSPS) is 11.6. The van der Waals surface area contributed by atoms with E-state index in [1.165, 1.54) is 18.4 Å². The molecule has 7 nitrogen and oxygen atoms in total. The van der Waals surface area contributed by atoms with Crippen LogP contribution in [0.5, 0.6) is 0 Å². The Morgan fingerprint density at radius 3 is 2.80 bits per heavy atom. The van der Waals surface area contributed by atoms with Gasteiger partial charge in [-0.3, -0.25) is 10.1 Å². The molecule has 25 heavy (non-hydrogen) atoms. The molecule has 0 saturated carbocycles. The summed E-state index contributed by atoms with van der Waals surface area (Å²) in [6.45, 7) is 1.85. The SMILES string of the molecule is COC(=O)CCCc1nnc(NC(=O)NC(C)c2ccccc2Cl)s1. The smallest absolute Gasteiger partial charge is 0.321 e. The Hall–Kier alpha value is -2.19. The van der Waals surface area contributed by atoms with Crippen LogP contribution >= 0.6 is 22.9 Å². The summed E-state index contributed by atoms with van der Waals surface area (Å²) in [6, 6.07) is 6.70. The number of methoxy groups -OCH3 is 1. The number of rotatable bonds is 7. The van der Waals surface area contributed by atoms with E-state index in [-0.39, 0.29) is 18.0 Å². The number of ether oxygens (including phenoxy) is 1. The van der Waals surface area contributed by atoms with Crippen LogP contribution in [0.4, 0.5) is 9.93 Å². The number of benzene rings is 1. The number of nitrogens with zero attached hydrogens (tertiary/aromatic N) is 2. The summed E-state index contributed by atoms with van der Waals surface area (Å²) >= 11 is 7.40. The van der Waals surface area contributed by atoms with Gasteiger partial charge in [0.05, 0.1) is 13.2 Å². The molecule has 0 spiro atoms. The minimum atomic E-state index is -0.385. The summed E-state index contributed by atoms with van der Waals surface area (Å²) in [7, 11) is 1.36. The first-order chi connectivity index (χ1) is 12.0. The highest BCUT2D eigenvalue weighted by atomic mass is 35.5. The van der Waals surface area contributed by atoms with Gasteiger partial charge in [-0.2, -0.15) is 0 Å². The number of aromatic nitrogens is 2. The zero-order valence-electron chi connectivity index (χ0n) is 13.9. The molecule has 1 atom stereocenters. The van der Waals surface area contributed by atoms with Crippen LogP contribution < -0.4 is 10.6 Å². The summed E-state index contributed by atoms with van der Waals surface area (Å²) in [5.41, 5.74) is 0.833. The summed E-state index contributed by atoms with van der Waals surface area (Å²) < 4.78 is 4.58. The van der Waals surface area contributed by atoms with Gasteiger partial charge in [-0.1, -0.05) is 41.1 Å². The zero-order chi connectivity index (χ0) is 18.2. The Kier molecular flexibility index (Phi) is 7.15. The molecule has 2 aromatic rings. The average Bonchev–Trinajstić information content (AvgIpc) is 3.02. The van der Waals surface area contributed by atoms with Gasteiger partial charge in [-0.25, -0.2) is 4.79 Å². The van der Waals surface area contributed by atoms with E-state index in [1.54, 1.807) is 6.07 Å². The van der Waals surface area contributed by atoms with Gasteiger partial charge >= 0.3 is 12.0 Å². The first kappa shape index (κ1) is 19.1. The van der Waals surface area contributed by atoms with Gasteiger partial charge in [-0.15, -0.1) is 10.2 Å². The minimum absolute atomic E-state index is 0.249. The standard InChI is InChI=1S/C16H19ClN4O3S/c1-10(11-6-3-4-7-12(11)17)18-15(23)19-16-21-20-13(25-16)8-5-9-14(22)24-2/h3-4,6-7,10H,5,8-9H2,1-2H3,(H2,18,19,21,23). The van der Waals surface area contributed by atoms with E-state index >= 15 is 0 Å². The molecule has 0 aliphatic heterocycles. The van der Waals surface area contributed by atoms with Crippen molar-refractivity contribution in [2.75, 3.05) is 12.4 Å². The fraction of sp³-hybridized carbons (Fsp3) is 0.375. The van der Waals surface area contributed by atoms with Crippen molar-refractivity contribution >= 4 is 40.1 Å². The number of halogens is 1. The molecular weight excluding hydrogens is 364 g/mol. The van der Waals surface area contributed by atoms with Crippen LogP contribution in [0, 0.1) is 0 Å². The predicted octanol–water partition coefficient (Wildman–Crippen LogP) is 3.57. The lowest BCUT2D eigenvalue weighted by atomic mass is 10.1. The Morgan fingerprint density at radius 1 is 1.32 bits per heavy atom. The Balaban J connectivity index is 1.83. The van der Waals surface area contributed by atoms with E-state index in [2.05, 4.69) is 25.6 Å². The number of anilines is 1. The Labute approximate surface area is 154 Å². The number of nitrogens with one attached hydrogen (secondary N) is 2. The number of carbonyl (C=O) groups excluding carboxylic acids is 2. The molecule has 0 fully saturated rings. The second-order valence-electron chi connectivity index (χ2n) is 5.27. The lowest BCUT2D eigenvalue weighted by Crippen LogP contribution is -2.31. The van der Waals surface area contributed by atoms with Crippen molar-refractivity contribution in [2.45, 2.75) is 32.2 Å². The highest BCUT2D eigenvalue weighted by molar-refractivity contribution is 7.15. The van der Waals surface area contributed by atoms with Crippen molar-refractivity contribution in [2.24, 2.45) is 0 Å². The van der Waals surface area contributed by atoms with E-state index < -0.39 is 0 Å². The number of amides is 2. The molecule has 2 amide bonds. The largest absolute Gasteiger partial charge is 0.469 e. The van der Waals surface area contributed by atoms with Crippen LogP contribution in [0.25, 0.3) is 0 Å². The molecule has 2 N–H and O–H groups in total. The third kappa shape index (κ3) is 5.99. The summed E-state index contributed by atoms with van der Waals surface area (Å²) in [6.07, 6.45) is 1.55. The van der Waals surface area contributed by atoms with Gasteiger partial charge in [0, 0.05) is 17.9 Å². The van der Waals surface area contributed by atoms with E-state index in [0.717, 1.165) is 10.6 Å². The molecule has 0 aliphatic carbocycles. The molecule has 1 aromatic heterocycles. The number of aryl methyl sites for hydroxylation is 1. The molecule has 1 unspecified atom stereocenters. The van der Waals surface area contributed by atoms with Crippen molar-refractivity contribution < 1.29 is 14.3 Å². The van der Waals surface area contributed by atoms with E-state index in [9.17, 15) is 9.59 Å². The molecule has 2 rings (SSSR count). The Bertz CT molecular complexity index is 738. The number of hydrogen-bond donors (Lipinski definition) is 2. The molecule has 0 radical (unpaired) electrons. The van der Waals surface area contributed by atoms with Crippen LogP contribution in [0.1, 0.15) is 36.4 Å². The lowest BCUT2D eigenvalue weighted by Gasteiger charge is -2.15. The van der Waals surface area contributed by atoms with E-state index in [0.29, 0.717) is 29.4 Å². The fourth-order valence-corrected chi connectivity index (χ4v) is 3.20.